The monoisotopic (exact) mass is 535 g/mol. The van der Waals surface area contributed by atoms with E-state index in [4.69, 9.17) is 4.74 Å². The summed E-state index contributed by atoms with van der Waals surface area (Å²) in [5, 5.41) is 5.85. The van der Waals surface area contributed by atoms with Crippen molar-refractivity contribution in [1.29, 1.82) is 0 Å². The Balaban J connectivity index is 2.59. The predicted octanol–water partition coefficient (Wildman–Crippen LogP) is 6.05. The maximum absolute atomic E-state index is 14.3. The van der Waals surface area contributed by atoms with E-state index < -0.39 is 29.3 Å². The zero-order valence-electron chi connectivity index (χ0n) is 24.5. The minimum Gasteiger partial charge on any atom is -0.444 e. The number of nitrogens with zero attached hydrogens (tertiary/aromatic N) is 1. The number of carbonyl (C=O) groups is 3. The highest BCUT2D eigenvalue weighted by molar-refractivity contribution is 5.92. The summed E-state index contributed by atoms with van der Waals surface area (Å²) in [6.07, 6.45) is 2.80. The quantitative estimate of drug-likeness (QED) is 0.367. The molecule has 0 fully saturated rings. The van der Waals surface area contributed by atoms with Crippen molar-refractivity contribution in [3.05, 3.63) is 77.9 Å². The van der Waals surface area contributed by atoms with E-state index in [1.165, 1.54) is 0 Å². The molecule has 0 bridgehead atoms. The molecule has 0 aliphatic rings. The average Bonchev–Trinajstić information content (AvgIpc) is 2.84. The summed E-state index contributed by atoms with van der Waals surface area (Å²) in [7, 11) is 0. The predicted molar refractivity (Wildman–Crippen MR) is 157 cm³/mol. The van der Waals surface area contributed by atoms with Gasteiger partial charge in [0.25, 0.3) is 0 Å². The van der Waals surface area contributed by atoms with E-state index in [1.807, 2.05) is 82.3 Å². The van der Waals surface area contributed by atoms with E-state index >= 15 is 0 Å². The lowest BCUT2D eigenvalue weighted by Crippen LogP contribution is -2.55. The molecule has 2 rings (SSSR count). The van der Waals surface area contributed by atoms with E-state index in [-0.39, 0.29) is 18.2 Å². The summed E-state index contributed by atoms with van der Waals surface area (Å²) in [6, 6.07) is 15.1. The van der Waals surface area contributed by atoms with Crippen LogP contribution in [0.3, 0.4) is 0 Å². The fourth-order valence-corrected chi connectivity index (χ4v) is 4.16. The Morgan fingerprint density at radius 2 is 1.67 bits per heavy atom. The molecule has 0 heterocycles. The van der Waals surface area contributed by atoms with Crippen molar-refractivity contribution in [1.82, 2.24) is 15.5 Å². The summed E-state index contributed by atoms with van der Waals surface area (Å²) in [6.45, 7) is 17.3. The van der Waals surface area contributed by atoms with Crippen molar-refractivity contribution < 1.29 is 19.1 Å². The fourth-order valence-electron chi connectivity index (χ4n) is 4.16. The molecule has 2 N–H and O–H groups in total. The smallest absolute Gasteiger partial charge is 0.408 e. The van der Waals surface area contributed by atoms with E-state index in [2.05, 4.69) is 17.2 Å². The second kappa shape index (κ2) is 14.0. The minimum absolute atomic E-state index is 0.252. The number of rotatable bonds is 11. The number of benzene rings is 2. The number of ether oxygens (including phenoxy) is 1. The van der Waals surface area contributed by atoms with Crippen LogP contribution in [-0.2, 0) is 20.7 Å². The summed E-state index contributed by atoms with van der Waals surface area (Å²) < 4.78 is 5.49. The lowest BCUT2D eigenvalue weighted by molar-refractivity contribution is -0.143. The van der Waals surface area contributed by atoms with Gasteiger partial charge in [-0.1, -0.05) is 74.5 Å². The molecule has 39 heavy (non-hydrogen) atoms. The molecule has 2 aromatic carbocycles. The SMILES string of the molecule is C=Cc1cccc(C(C(=O)NC(C)(C)C)N(CCCC)C(=O)C(Cc2ccccc2)NC(=O)OC(C)(C)C)c1. The van der Waals surface area contributed by atoms with E-state index in [1.54, 1.807) is 31.7 Å². The zero-order chi connectivity index (χ0) is 29.2. The molecule has 2 atom stereocenters. The summed E-state index contributed by atoms with van der Waals surface area (Å²) >= 11 is 0. The Bertz CT molecular complexity index is 1120. The molecular formula is C32H45N3O4. The van der Waals surface area contributed by atoms with Crippen molar-refractivity contribution in [2.24, 2.45) is 0 Å². The van der Waals surface area contributed by atoms with Crippen LogP contribution in [-0.4, -0.2) is 46.5 Å². The normalized spacial score (nSPS) is 13.1. The van der Waals surface area contributed by atoms with Crippen molar-refractivity contribution >= 4 is 24.0 Å². The number of alkyl carbamates (subject to hydrolysis) is 1. The van der Waals surface area contributed by atoms with Gasteiger partial charge in [-0.2, -0.15) is 0 Å². The van der Waals surface area contributed by atoms with Crippen LogP contribution in [0.25, 0.3) is 6.08 Å². The van der Waals surface area contributed by atoms with Crippen molar-refractivity contribution in [3.8, 4) is 0 Å². The van der Waals surface area contributed by atoms with Crippen LogP contribution in [0.1, 0.15) is 84.0 Å². The van der Waals surface area contributed by atoms with Crippen molar-refractivity contribution in [2.45, 2.75) is 91.0 Å². The topological polar surface area (TPSA) is 87.7 Å². The molecule has 7 nitrogen and oxygen atoms in total. The lowest BCUT2D eigenvalue weighted by Gasteiger charge is -2.36. The van der Waals surface area contributed by atoms with Crippen molar-refractivity contribution in [3.63, 3.8) is 0 Å². The van der Waals surface area contributed by atoms with Crippen LogP contribution >= 0.6 is 0 Å². The van der Waals surface area contributed by atoms with Gasteiger partial charge < -0.3 is 20.3 Å². The lowest BCUT2D eigenvalue weighted by atomic mass is 9.97. The van der Waals surface area contributed by atoms with Crippen LogP contribution in [0.2, 0.25) is 0 Å². The van der Waals surface area contributed by atoms with Gasteiger partial charge in [0.2, 0.25) is 11.8 Å². The Hall–Kier alpha value is -3.61. The molecule has 0 spiro atoms. The number of hydrogen-bond donors (Lipinski definition) is 2. The molecule has 0 saturated carbocycles. The highest BCUT2D eigenvalue weighted by Crippen LogP contribution is 2.26. The van der Waals surface area contributed by atoms with Gasteiger partial charge in [-0.25, -0.2) is 4.79 Å². The second-order valence-corrected chi connectivity index (χ2v) is 11.8. The Labute approximate surface area is 234 Å². The maximum atomic E-state index is 14.3. The summed E-state index contributed by atoms with van der Waals surface area (Å²) in [5.74, 6) is -0.639. The molecule has 0 saturated heterocycles. The zero-order valence-corrected chi connectivity index (χ0v) is 24.5. The molecule has 2 unspecified atom stereocenters. The number of unbranched alkanes of at least 4 members (excludes halogenated alkanes) is 1. The average molecular weight is 536 g/mol. The maximum Gasteiger partial charge on any atom is 0.408 e. The Kier molecular flexibility index (Phi) is 11.3. The number of nitrogens with one attached hydrogen (secondary N) is 2. The third-order valence-corrected chi connectivity index (χ3v) is 5.83. The molecule has 0 aliphatic heterocycles. The number of carbonyl (C=O) groups excluding carboxylic acids is 3. The van der Waals surface area contributed by atoms with Gasteiger partial charge in [0, 0.05) is 18.5 Å². The Morgan fingerprint density at radius 1 is 1.00 bits per heavy atom. The van der Waals surface area contributed by atoms with Gasteiger partial charge in [-0.05, 0) is 70.7 Å². The van der Waals surface area contributed by atoms with E-state index in [9.17, 15) is 14.4 Å². The van der Waals surface area contributed by atoms with Gasteiger partial charge in [-0.3, -0.25) is 9.59 Å². The van der Waals surface area contributed by atoms with Crippen LogP contribution < -0.4 is 10.6 Å². The van der Waals surface area contributed by atoms with Gasteiger partial charge in [-0.15, -0.1) is 0 Å². The summed E-state index contributed by atoms with van der Waals surface area (Å²) in [4.78, 5) is 42.6. The molecule has 0 radical (unpaired) electrons. The van der Waals surface area contributed by atoms with Crippen LogP contribution in [0.15, 0.2) is 61.2 Å². The molecule has 212 valence electrons. The number of amides is 3. The largest absolute Gasteiger partial charge is 0.444 e. The van der Waals surface area contributed by atoms with Crippen LogP contribution in [0.4, 0.5) is 4.79 Å². The van der Waals surface area contributed by atoms with Gasteiger partial charge >= 0.3 is 6.09 Å². The standard InChI is InChI=1S/C32H45N3O4/c1-9-11-20-35(27(28(36)34-31(3,4)5)25-19-15-18-23(10-2)21-25)29(37)26(22-24-16-13-12-14-17-24)33-30(38)39-32(6,7)8/h10,12-19,21,26-27H,2,9,11,20,22H2,1,3-8H3,(H,33,38)(H,34,36). The molecular weight excluding hydrogens is 490 g/mol. The first-order valence-corrected chi connectivity index (χ1v) is 13.6. The number of hydrogen-bond acceptors (Lipinski definition) is 4. The van der Waals surface area contributed by atoms with Crippen molar-refractivity contribution in [2.75, 3.05) is 6.54 Å². The molecule has 0 aromatic heterocycles. The third-order valence-electron chi connectivity index (χ3n) is 5.83. The minimum atomic E-state index is -0.938. The Morgan fingerprint density at radius 3 is 2.23 bits per heavy atom. The molecule has 0 aliphatic carbocycles. The van der Waals surface area contributed by atoms with Gasteiger partial charge in [0.05, 0.1) is 0 Å². The third kappa shape index (κ3) is 10.6. The van der Waals surface area contributed by atoms with Crippen LogP contribution in [0.5, 0.6) is 0 Å². The fraction of sp³-hybridized carbons (Fsp3) is 0.469. The first kappa shape index (κ1) is 31.6. The van der Waals surface area contributed by atoms with E-state index in [0.29, 0.717) is 18.5 Å². The second-order valence-electron chi connectivity index (χ2n) is 11.8. The van der Waals surface area contributed by atoms with Gasteiger partial charge in [0.1, 0.15) is 17.7 Å². The molecule has 7 heteroatoms. The molecule has 3 amide bonds. The summed E-state index contributed by atoms with van der Waals surface area (Å²) in [5.41, 5.74) is 1.16. The van der Waals surface area contributed by atoms with Crippen LogP contribution in [0, 0.1) is 0 Å². The first-order valence-electron chi connectivity index (χ1n) is 13.6. The van der Waals surface area contributed by atoms with E-state index in [0.717, 1.165) is 17.5 Å². The highest BCUT2D eigenvalue weighted by Gasteiger charge is 2.37. The first-order chi connectivity index (χ1) is 18.2. The van der Waals surface area contributed by atoms with Gasteiger partial charge in [0.15, 0.2) is 0 Å². The molecule has 2 aromatic rings. The highest BCUT2D eigenvalue weighted by atomic mass is 16.6.